The molecule has 0 atom stereocenters. The molecule has 0 bridgehead atoms. The molecular formula is C65H126. The zero-order valence-corrected chi connectivity index (χ0v) is 46.5. The molecule has 65 heavy (non-hydrogen) atoms. The maximum absolute atomic E-state index is 2.35. The van der Waals surface area contributed by atoms with E-state index in [4.69, 9.17) is 0 Å². The van der Waals surface area contributed by atoms with Crippen LogP contribution in [0.4, 0.5) is 0 Å². The van der Waals surface area contributed by atoms with Crippen molar-refractivity contribution in [3.8, 4) is 0 Å². The zero-order chi connectivity index (χ0) is 46.8. The molecule has 0 heterocycles. The van der Waals surface area contributed by atoms with E-state index in [0.29, 0.717) is 0 Å². The number of hydrogen-bond donors (Lipinski definition) is 0. The highest BCUT2D eigenvalue weighted by Crippen LogP contribution is 2.48. The monoisotopic (exact) mass is 907 g/mol. The number of rotatable bonds is 55. The normalized spacial score (nSPS) is 13.4. The molecule has 0 aliphatic heterocycles. The van der Waals surface area contributed by atoms with Gasteiger partial charge in [0.15, 0.2) is 0 Å². The van der Waals surface area contributed by atoms with Crippen LogP contribution in [0.15, 0.2) is 22.3 Å². The van der Waals surface area contributed by atoms with Crippen molar-refractivity contribution in [2.75, 3.05) is 0 Å². The van der Waals surface area contributed by atoms with Crippen LogP contribution in [0, 0.1) is 5.92 Å². The molecule has 1 aliphatic rings. The van der Waals surface area contributed by atoms with E-state index in [1.54, 1.807) is 0 Å². The highest BCUT2D eigenvalue weighted by Gasteiger charge is 2.31. The van der Waals surface area contributed by atoms with Crippen LogP contribution in [0.1, 0.15) is 388 Å². The minimum atomic E-state index is 0.803. The quantitative estimate of drug-likeness (QED) is 0.0534. The molecule has 0 N–H and O–H groups in total. The Morgan fingerprint density at radius 3 is 0.569 bits per heavy atom. The highest BCUT2D eigenvalue weighted by molar-refractivity contribution is 5.50. The lowest BCUT2D eigenvalue weighted by atomic mass is 9.84. The van der Waals surface area contributed by atoms with Gasteiger partial charge in [0.1, 0.15) is 0 Å². The first kappa shape index (κ1) is 62.5. The molecule has 0 radical (unpaired) electrons. The number of allylic oxidation sites excluding steroid dienone is 4. The maximum atomic E-state index is 2.35. The molecule has 386 valence electrons. The van der Waals surface area contributed by atoms with Gasteiger partial charge in [0.05, 0.1) is 0 Å². The van der Waals surface area contributed by atoms with Crippen LogP contribution < -0.4 is 0 Å². The lowest BCUT2D eigenvalue weighted by molar-refractivity contribution is 0.500. The van der Waals surface area contributed by atoms with Crippen LogP contribution >= 0.6 is 0 Å². The van der Waals surface area contributed by atoms with Crippen LogP contribution in [-0.4, -0.2) is 0 Å². The first-order chi connectivity index (χ1) is 32.2. The fraction of sp³-hybridized carbons (Fsp3) is 0.938. The van der Waals surface area contributed by atoms with Crippen molar-refractivity contribution in [3.63, 3.8) is 0 Å². The molecule has 0 aromatic rings. The second-order valence-electron chi connectivity index (χ2n) is 22.3. The van der Waals surface area contributed by atoms with Gasteiger partial charge in [-0.25, -0.2) is 0 Å². The fourth-order valence-electron chi connectivity index (χ4n) is 11.7. The van der Waals surface area contributed by atoms with Crippen LogP contribution in [0.3, 0.4) is 0 Å². The Hall–Kier alpha value is -0.520. The molecule has 0 aromatic carbocycles. The summed E-state index contributed by atoms with van der Waals surface area (Å²) in [5, 5.41) is 0. The SMILES string of the molecule is CCCCCCCCCCCCC1=C(CCCCCCCCCCCC)C(CCCCCCCCCCCC)C(CCCCCCCCCCCC)=C1CCCCCCCCCCCC. The molecule has 0 saturated heterocycles. The van der Waals surface area contributed by atoms with Crippen molar-refractivity contribution in [1.29, 1.82) is 0 Å². The lowest BCUT2D eigenvalue weighted by Gasteiger charge is -2.21. The molecular weight excluding hydrogens is 781 g/mol. The van der Waals surface area contributed by atoms with Crippen molar-refractivity contribution < 1.29 is 0 Å². The Morgan fingerprint density at radius 2 is 0.354 bits per heavy atom. The Morgan fingerprint density at radius 1 is 0.185 bits per heavy atom. The van der Waals surface area contributed by atoms with Gasteiger partial charge in [0.25, 0.3) is 0 Å². The topological polar surface area (TPSA) is 0 Å². The molecule has 0 aromatic heterocycles. The summed E-state index contributed by atoms with van der Waals surface area (Å²) in [5.74, 6) is 0.803. The molecule has 0 fully saturated rings. The zero-order valence-electron chi connectivity index (χ0n) is 46.5. The average molecular weight is 908 g/mol. The van der Waals surface area contributed by atoms with E-state index >= 15 is 0 Å². The Kier molecular flexibility index (Phi) is 49.4. The third-order valence-corrected chi connectivity index (χ3v) is 16.0. The summed E-state index contributed by atoms with van der Waals surface area (Å²) in [6.07, 6.45) is 80.0. The second kappa shape index (κ2) is 51.3. The van der Waals surface area contributed by atoms with Gasteiger partial charge in [0.2, 0.25) is 0 Å². The summed E-state index contributed by atoms with van der Waals surface area (Å²) in [6, 6.07) is 0. The maximum Gasteiger partial charge on any atom is 0.00188 e. The number of unbranched alkanes of at least 4 members (excludes halogenated alkanes) is 45. The Labute approximate surface area is 414 Å². The highest BCUT2D eigenvalue weighted by atomic mass is 14.4. The third-order valence-electron chi connectivity index (χ3n) is 16.0. The minimum absolute atomic E-state index is 0.803. The van der Waals surface area contributed by atoms with Gasteiger partial charge >= 0.3 is 0 Å². The van der Waals surface area contributed by atoms with E-state index in [2.05, 4.69) is 34.6 Å². The smallest absolute Gasteiger partial charge is 0.00188 e. The third kappa shape index (κ3) is 38.0. The van der Waals surface area contributed by atoms with Crippen LogP contribution in [0.5, 0.6) is 0 Å². The van der Waals surface area contributed by atoms with Crippen LogP contribution in [0.25, 0.3) is 0 Å². The van der Waals surface area contributed by atoms with E-state index in [-0.39, 0.29) is 0 Å². The minimum Gasteiger partial charge on any atom is -0.0654 e. The molecule has 1 rings (SSSR count). The molecule has 0 nitrogen and oxygen atoms in total. The summed E-state index contributed by atoms with van der Waals surface area (Å²) >= 11 is 0. The Bertz CT molecular complexity index is 928. The molecule has 0 spiro atoms. The summed E-state index contributed by atoms with van der Waals surface area (Å²) in [4.78, 5) is 0. The van der Waals surface area contributed by atoms with Gasteiger partial charge in [-0.3, -0.25) is 0 Å². The van der Waals surface area contributed by atoms with E-state index < -0.39 is 0 Å². The molecule has 1 aliphatic carbocycles. The summed E-state index contributed by atoms with van der Waals surface area (Å²) in [5.41, 5.74) is 7.97. The van der Waals surface area contributed by atoms with Crippen molar-refractivity contribution in [1.82, 2.24) is 0 Å². The fourth-order valence-corrected chi connectivity index (χ4v) is 11.7. The standard InChI is InChI=1S/C65H126/c1-6-11-16-21-26-31-36-41-46-51-56-61-62(57-52-47-42-37-32-27-22-17-12-7-2)64(59-54-49-44-39-34-29-24-19-14-9-4)65(60-55-50-45-40-35-30-25-20-15-10-5)63(61)58-53-48-43-38-33-28-23-18-13-8-3/h61H,6-60H2,1-5H3. The van der Waals surface area contributed by atoms with Crippen molar-refractivity contribution >= 4 is 0 Å². The van der Waals surface area contributed by atoms with Crippen molar-refractivity contribution in [3.05, 3.63) is 22.3 Å². The summed E-state index contributed by atoms with van der Waals surface area (Å²) in [6.45, 7) is 11.7. The Balaban J connectivity index is 3.16. The van der Waals surface area contributed by atoms with Gasteiger partial charge in [-0.15, -0.1) is 0 Å². The van der Waals surface area contributed by atoms with E-state index in [0.717, 1.165) is 5.92 Å². The van der Waals surface area contributed by atoms with Crippen molar-refractivity contribution in [2.45, 2.75) is 388 Å². The first-order valence-electron chi connectivity index (χ1n) is 31.7. The van der Waals surface area contributed by atoms with E-state index in [1.165, 1.54) is 353 Å². The molecule has 0 amide bonds. The van der Waals surface area contributed by atoms with Gasteiger partial charge < -0.3 is 0 Å². The van der Waals surface area contributed by atoms with Crippen LogP contribution in [-0.2, 0) is 0 Å². The first-order valence-corrected chi connectivity index (χ1v) is 31.7. The summed E-state index contributed by atoms with van der Waals surface area (Å²) in [7, 11) is 0. The molecule has 0 unspecified atom stereocenters. The number of hydrogen-bond acceptors (Lipinski definition) is 0. The summed E-state index contributed by atoms with van der Waals surface area (Å²) < 4.78 is 0. The van der Waals surface area contributed by atoms with Gasteiger partial charge in [0, 0.05) is 5.92 Å². The average Bonchev–Trinajstić information content (AvgIpc) is 3.59. The van der Waals surface area contributed by atoms with E-state index in [1.807, 2.05) is 22.3 Å². The second-order valence-corrected chi connectivity index (χ2v) is 22.3. The molecule has 0 saturated carbocycles. The van der Waals surface area contributed by atoms with E-state index in [9.17, 15) is 0 Å². The van der Waals surface area contributed by atoms with Gasteiger partial charge in [-0.05, 0) is 68.9 Å². The predicted octanol–water partition coefficient (Wildman–Crippen LogP) is 24.8. The molecule has 0 heteroatoms. The largest absolute Gasteiger partial charge is 0.0654 e. The lowest BCUT2D eigenvalue weighted by Crippen LogP contribution is -2.07. The van der Waals surface area contributed by atoms with Gasteiger partial charge in [-0.1, -0.05) is 341 Å². The predicted molar refractivity (Wildman–Crippen MR) is 300 cm³/mol. The van der Waals surface area contributed by atoms with Gasteiger partial charge in [-0.2, -0.15) is 0 Å². The van der Waals surface area contributed by atoms with Crippen molar-refractivity contribution in [2.24, 2.45) is 5.92 Å². The van der Waals surface area contributed by atoms with Crippen LogP contribution in [0.2, 0.25) is 0 Å².